The van der Waals surface area contributed by atoms with Crippen LogP contribution in [0.5, 0.6) is 11.5 Å². The smallest absolute Gasteiger partial charge is 0.163 e. The SMILES string of the molecule is COc1cc(F)c(CN2CCC([C@@H](O)CC(C)C)CC2)cc1OC. The van der Waals surface area contributed by atoms with Crippen LogP contribution in [0.4, 0.5) is 4.39 Å². The Balaban J connectivity index is 1.94. The molecule has 0 aromatic heterocycles. The molecule has 1 atom stereocenters. The molecular weight excluding hydrogens is 309 g/mol. The molecule has 1 saturated heterocycles. The molecule has 0 saturated carbocycles. The Hall–Kier alpha value is -1.33. The fourth-order valence-corrected chi connectivity index (χ4v) is 3.43. The van der Waals surface area contributed by atoms with E-state index in [0.717, 1.165) is 32.4 Å². The average molecular weight is 339 g/mol. The Bertz CT molecular complexity index is 528. The number of likely N-dealkylation sites (tertiary alicyclic amines) is 1. The minimum absolute atomic E-state index is 0.218. The molecule has 0 bridgehead atoms. The maximum absolute atomic E-state index is 14.3. The zero-order valence-electron chi connectivity index (χ0n) is 15.2. The maximum Gasteiger partial charge on any atom is 0.163 e. The summed E-state index contributed by atoms with van der Waals surface area (Å²) in [5, 5.41) is 10.3. The Morgan fingerprint density at radius 3 is 2.29 bits per heavy atom. The lowest BCUT2D eigenvalue weighted by atomic mass is 9.87. The van der Waals surface area contributed by atoms with Crippen LogP contribution in [-0.4, -0.2) is 43.4 Å². The van der Waals surface area contributed by atoms with Gasteiger partial charge < -0.3 is 14.6 Å². The van der Waals surface area contributed by atoms with Crippen molar-refractivity contribution in [3.63, 3.8) is 0 Å². The van der Waals surface area contributed by atoms with E-state index in [1.165, 1.54) is 13.2 Å². The molecule has 24 heavy (non-hydrogen) atoms. The predicted molar refractivity (Wildman–Crippen MR) is 93.0 cm³/mol. The Morgan fingerprint density at radius 1 is 1.17 bits per heavy atom. The van der Waals surface area contributed by atoms with Gasteiger partial charge in [0.2, 0.25) is 0 Å². The Labute approximate surface area is 144 Å². The van der Waals surface area contributed by atoms with Crippen LogP contribution in [0.15, 0.2) is 12.1 Å². The number of ether oxygens (including phenoxy) is 2. The topological polar surface area (TPSA) is 41.9 Å². The molecule has 2 rings (SSSR count). The third-order valence-corrected chi connectivity index (χ3v) is 4.84. The molecule has 0 unspecified atom stereocenters. The first kappa shape index (κ1) is 19.0. The lowest BCUT2D eigenvalue weighted by Crippen LogP contribution is -2.37. The minimum atomic E-state index is -0.269. The van der Waals surface area contributed by atoms with Gasteiger partial charge in [0.1, 0.15) is 5.82 Å². The van der Waals surface area contributed by atoms with Gasteiger partial charge in [0, 0.05) is 18.2 Å². The quantitative estimate of drug-likeness (QED) is 0.826. The number of piperidine rings is 1. The second kappa shape index (κ2) is 8.67. The third-order valence-electron chi connectivity index (χ3n) is 4.84. The largest absolute Gasteiger partial charge is 0.493 e. The molecule has 1 aliphatic heterocycles. The van der Waals surface area contributed by atoms with Gasteiger partial charge in [0.05, 0.1) is 20.3 Å². The molecule has 0 radical (unpaired) electrons. The van der Waals surface area contributed by atoms with Gasteiger partial charge >= 0.3 is 0 Å². The first-order chi connectivity index (χ1) is 11.4. The van der Waals surface area contributed by atoms with Crippen molar-refractivity contribution in [2.24, 2.45) is 11.8 Å². The van der Waals surface area contributed by atoms with Gasteiger partial charge in [-0.25, -0.2) is 4.39 Å². The van der Waals surface area contributed by atoms with Crippen molar-refractivity contribution in [3.8, 4) is 11.5 Å². The van der Waals surface area contributed by atoms with Crippen LogP contribution < -0.4 is 9.47 Å². The first-order valence-corrected chi connectivity index (χ1v) is 8.75. The van der Waals surface area contributed by atoms with E-state index in [0.29, 0.717) is 35.4 Å². The molecule has 1 aromatic rings. The summed E-state index contributed by atoms with van der Waals surface area (Å²) in [6.45, 7) is 6.59. The number of hydrogen-bond donors (Lipinski definition) is 1. The number of halogens is 1. The highest BCUT2D eigenvalue weighted by Gasteiger charge is 2.26. The van der Waals surface area contributed by atoms with Crippen LogP contribution in [-0.2, 0) is 6.54 Å². The van der Waals surface area contributed by atoms with E-state index in [1.807, 2.05) is 0 Å². The maximum atomic E-state index is 14.3. The number of benzene rings is 1. The molecule has 1 aromatic carbocycles. The summed E-state index contributed by atoms with van der Waals surface area (Å²) in [5.41, 5.74) is 0.619. The van der Waals surface area contributed by atoms with Gasteiger partial charge in [-0.2, -0.15) is 0 Å². The minimum Gasteiger partial charge on any atom is -0.493 e. The molecule has 1 fully saturated rings. The van der Waals surface area contributed by atoms with Crippen molar-refractivity contribution in [3.05, 3.63) is 23.5 Å². The van der Waals surface area contributed by atoms with Crippen LogP contribution in [0.1, 0.15) is 38.7 Å². The molecule has 0 spiro atoms. The van der Waals surface area contributed by atoms with Gasteiger partial charge in [-0.05, 0) is 50.3 Å². The Kier molecular flexibility index (Phi) is 6.87. The molecule has 0 aliphatic carbocycles. The van der Waals surface area contributed by atoms with E-state index in [-0.39, 0.29) is 11.9 Å². The number of hydrogen-bond acceptors (Lipinski definition) is 4. The standard InChI is InChI=1S/C19H30FNO3/c1-13(2)9-17(22)14-5-7-21(8-6-14)12-15-10-18(23-3)19(24-4)11-16(15)20/h10-11,13-14,17,22H,5-9,12H2,1-4H3/t17-/m0/s1. The number of aliphatic hydroxyl groups is 1. The van der Waals surface area contributed by atoms with Crippen LogP contribution >= 0.6 is 0 Å². The van der Waals surface area contributed by atoms with Crippen molar-refractivity contribution in [2.75, 3.05) is 27.3 Å². The zero-order chi connectivity index (χ0) is 17.7. The predicted octanol–water partition coefficient (Wildman–Crippen LogP) is 3.46. The molecule has 0 amide bonds. The lowest BCUT2D eigenvalue weighted by Gasteiger charge is -2.34. The monoisotopic (exact) mass is 339 g/mol. The molecule has 1 aliphatic rings. The van der Waals surface area contributed by atoms with Gasteiger partial charge in [0.25, 0.3) is 0 Å². The van der Waals surface area contributed by atoms with Crippen molar-refractivity contribution in [2.45, 2.75) is 45.8 Å². The van der Waals surface area contributed by atoms with Gasteiger partial charge in [0.15, 0.2) is 11.5 Å². The molecule has 4 nitrogen and oxygen atoms in total. The first-order valence-electron chi connectivity index (χ1n) is 8.75. The average Bonchev–Trinajstić information content (AvgIpc) is 2.56. The van der Waals surface area contributed by atoms with E-state index >= 15 is 0 Å². The molecule has 1 heterocycles. The van der Waals surface area contributed by atoms with Crippen LogP contribution in [0.2, 0.25) is 0 Å². The van der Waals surface area contributed by atoms with Crippen molar-refractivity contribution >= 4 is 0 Å². The van der Waals surface area contributed by atoms with Crippen molar-refractivity contribution < 1.29 is 19.0 Å². The number of aliphatic hydroxyl groups excluding tert-OH is 1. The van der Waals surface area contributed by atoms with E-state index in [9.17, 15) is 9.50 Å². The third kappa shape index (κ3) is 4.84. The van der Waals surface area contributed by atoms with Crippen LogP contribution in [0.3, 0.4) is 0 Å². The molecule has 136 valence electrons. The van der Waals surface area contributed by atoms with E-state index in [1.54, 1.807) is 13.2 Å². The molecule has 5 heteroatoms. The van der Waals surface area contributed by atoms with Crippen molar-refractivity contribution in [1.82, 2.24) is 4.90 Å². The van der Waals surface area contributed by atoms with Crippen LogP contribution in [0, 0.1) is 17.7 Å². The fraction of sp³-hybridized carbons (Fsp3) is 0.684. The summed E-state index contributed by atoms with van der Waals surface area (Å²) in [7, 11) is 3.06. The van der Waals surface area contributed by atoms with E-state index in [4.69, 9.17) is 9.47 Å². The highest BCUT2D eigenvalue weighted by Crippen LogP contribution is 2.31. The summed E-state index contributed by atoms with van der Waals surface area (Å²) >= 11 is 0. The fourth-order valence-electron chi connectivity index (χ4n) is 3.43. The van der Waals surface area contributed by atoms with E-state index < -0.39 is 0 Å². The van der Waals surface area contributed by atoms with Crippen molar-refractivity contribution in [1.29, 1.82) is 0 Å². The number of rotatable bonds is 7. The van der Waals surface area contributed by atoms with Crippen LogP contribution in [0.25, 0.3) is 0 Å². The highest BCUT2D eigenvalue weighted by atomic mass is 19.1. The number of methoxy groups -OCH3 is 2. The summed E-state index contributed by atoms with van der Waals surface area (Å²) in [5.74, 6) is 1.57. The summed E-state index contributed by atoms with van der Waals surface area (Å²) in [6, 6.07) is 3.10. The van der Waals surface area contributed by atoms with Gasteiger partial charge in [-0.3, -0.25) is 4.90 Å². The molecule has 1 N–H and O–H groups in total. The summed E-state index contributed by atoms with van der Waals surface area (Å²) < 4.78 is 24.6. The highest BCUT2D eigenvalue weighted by molar-refractivity contribution is 5.43. The van der Waals surface area contributed by atoms with E-state index in [2.05, 4.69) is 18.7 Å². The van der Waals surface area contributed by atoms with Gasteiger partial charge in [-0.1, -0.05) is 13.8 Å². The second-order valence-electron chi connectivity index (χ2n) is 7.11. The lowest BCUT2D eigenvalue weighted by molar-refractivity contribution is 0.0434. The van der Waals surface area contributed by atoms with Gasteiger partial charge in [-0.15, -0.1) is 0 Å². The molecular formula is C19H30FNO3. The summed E-state index contributed by atoms with van der Waals surface area (Å²) in [6.07, 6.45) is 2.56. The summed E-state index contributed by atoms with van der Waals surface area (Å²) in [4.78, 5) is 2.24. The number of nitrogens with zero attached hydrogens (tertiary/aromatic N) is 1. The second-order valence-corrected chi connectivity index (χ2v) is 7.11. The normalized spacial score (nSPS) is 18.0. The zero-order valence-corrected chi connectivity index (χ0v) is 15.2. The Morgan fingerprint density at radius 2 is 1.75 bits per heavy atom.